The van der Waals surface area contributed by atoms with Crippen LogP contribution >= 0.6 is 0 Å². The molecule has 1 N–H and O–H groups in total. The Balaban J connectivity index is 1.85. The molecule has 1 heterocycles. The summed E-state index contributed by atoms with van der Waals surface area (Å²) in [6.45, 7) is 2.93. The average molecular weight is 433 g/mol. The standard InChI is InChI=1S/C21H25FN4O3S/c1-16-7-9-18(10-8-16)30(28,29)26(20-6-4-3-5-19(20)22)15-21(27)24-23-17-11-13-25(2)14-12-17/h3-10H,11-15H2,1-2H3,(H,24,27). The van der Waals surface area contributed by atoms with Gasteiger partial charge in [0.1, 0.15) is 12.4 Å². The minimum atomic E-state index is -4.16. The fourth-order valence-corrected chi connectivity index (χ4v) is 4.52. The lowest BCUT2D eigenvalue weighted by Crippen LogP contribution is -2.40. The van der Waals surface area contributed by atoms with Crippen molar-refractivity contribution in [1.29, 1.82) is 0 Å². The summed E-state index contributed by atoms with van der Waals surface area (Å²) in [6.07, 6.45) is 1.46. The summed E-state index contributed by atoms with van der Waals surface area (Å²) in [7, 11) is -2.15. The molecule has 0 atom stereocenters. The number of nitrogens with zero attached hydrogens (tertiary/aromatic N) is 3. The van der Waals surface area contributed by atoms with E-state index in [2.05, 4.69) is 15.4 Å². The van der Waals surface area contributed by atoms with Gasteiger partial charge in [-0.05, 0) is 38.2 Å². The van der Waals surface area contributed by atoms with E-state index in [0.29, 0.717) is 0 Å². The predicted octanol–water partition coefficient (Wildman–Crippen LogP) is 2.53. The third kappa shape index (κ3) is 5.22. The molecule has 0 aromatic heterocycles. The van der Waals surface area contributed by atoms with E-state index in [1.54, 1.807) is 12.1 Å². The Bertz CT molecular complexity index is 1030. The molecule has 0 spiro atoms. The number of anilines is 1. The molecule has 0 unspecified atom stereocenters. The van der Waals surface area contributed by atoms with E-state index in [4.69, 9.17) is 0 Å². The van der Waals surface area contributed by atoms with Crippen molar-refractivity contribution in [3.8, 4) is 0 Å². The van der Waals surface area contributed by atoms with Crippen LogP contribution in [-0.4, -0.2) is 51.6 Å². The number of nitrogens with one attached hydrogen (secondary N) is 1. The predicted molar refractivity (Wildman–Crippen MR) is 114 cm³/mol. The zero-order valence-electron chi connectivity index (χ0n) is 17.0. The van der Waals surface area contributed by atoms with Gasteiger partial charge in [-0.3, -0.25) is 9.10 Å². The number of carbonyl (C=O) groups is 1. The molecule has 9 heteroatoms. The van der Waals surface area contributed by atoms with Crippen LogP contribution < -0.4 is 9.73 Å². The van der Waals surface area contributed by atoms with Crippen LogP contribution in [0.3, 0.4) is 0 Å². The van der Waals surface area contributed by atoms with Crippen LogP contribution in [-0.2, 0) is 14.8 Å². The number of piperidine rings is 1. The number of hydrogen-bond acceptors (Lipinski definition) is 5. The first-order chi connectivity index (χ1) is 14.3. The van der Waals surface area contributed by atoms with Crippen molar-refractivity contribution in [2.45, 2.75) is 24.7 Å². The second-order valence-electron chi connectivity index (χ2n) is 7.29. The summed E-state index contributed by atoms with van der Waals surface area (Å²) < 4.78 is 41.6. The number of likely N-dealkylation sites (tertiary alicyclic amines) is 1. The summed E-state index contributed by atoms with van der Waals surface area (Å²) in [5.74, 6) is -1.37. The molecule has 2 aromatic carbocycles. The Morgan fingerprint density at radius 1 is 1.13 bits per heavy atom. The first kappa shape index (κ1) is 21.9. The smallest absolute Gasteiger partial charge is 0.264 e. The molecule has 0 bridgehead atoms. The second-order valence-corrected chi connectivity index (χ2v) is 9.15. The SMILES string of the molecule is Cc1ccc(S(=O)(=O)N(CC(=O)NN=C2CCN(C)CC2)c2ccccc2F)cc1. The third-order valence-corrected chi connectivity index (χ3v) is 6.69. The Hall–Kier alpha value is -2.78. The maximum Gasteiger partial charge on any atom is 0.264 e. The van der Waals surface area contributed by atoms with E-state index in [9.17, 15) is 17.6 Å². The fraction of sp³-hybridized carbons (Fsp3) is 0.333. The monoisotopic (exact) mass is 432 g/mol. The van der Waals surface area contributed by atoms with Gasteiger partial charge in [-0.25, -0.2) is 18.2 Å². The Kier molecular flexibility index (Phi) is 6.84. The van der Waals surface area contributed by atoms with Gasteiger partial charge < -0.3 is 4.90 Å². The zero-order chi connectivity index (χ0) is 21.7. The van der Waals surface area contributed by atoms with E-state index >= 15 is 0 Å². The van der Waals surface area contributed by atoms with E-state index < -0.39 is 28.3 Å². The number of aryl methyl sites for hydroxylation is 1. The normalized spacial score (nSPS) is 15.0. The van der Waals surface area contributed by atoms with Gasteiger partial charge >= 0.3 is 0 Å². The first-order valence-corrected chi connectivity index (χ1v) is 11.1. The summed E-state index contributed by atoms with van der Waals surface area (Å²) >= 11 is 0. The van der Waals surface area contributed by atoms with Gasteiger partial charge in [0.2, 0.25) is 0 Å². The summed E-state index contributed by atoms with van der Waals surface area (Å²) in [4.78, 5) is 14.7. The lowest BCUT2D eigenvalue weighted by atomic mass is 10.1. The number of carbonyl (C=O) groups excluding carboxylic acids is 1. The lowest BCUT2D eigenvalue weighted by Gasteiger charge is -2.25. The van der Waals surface area contributed by atoms with Crippen LogP contribution in [0.25, 0.3) is 0 Å². The summed E-state index contributed by atoms with van der Waals surface area (Å²) in [6, 6.07) is 11.6. The van der Waals surface area contributed by atoms with Crippen molar-refractivity contribution >= 4 is 27.3 Å². The van der Waals surface area contributed by atoms with Crippen molar-refractivity contribution in [3.05, 3.63) is 59.9 Å². The number of hydrazone groups is 1. The number of halogens is 1. The van der Waals surface area contributed by atoms with Crippen molar-refractivity contribution in [1.82, 2.24) is 10.3 Å². The van der Waals surface area contributed by atoms with Crippen LogP contribution in [0.15, 0.2) is 58.5 Å². The molecule has 1 aliphatic rings. The molecular weight excluding hydrogens is 407 g/mol. The van der Waals surface area contributed by atoms with Gasteiger partial charge in [0.05, 0.1) is 10.6 Å². The van der Waals surface area contributed by atoms with Gasteiger partial charge in [-0.15, -0.1) is 0 Å². The quantitative estimate of drug-likeness (QED) is 0.712. The molecule has 0 aliphatic carbocycles. The number of rotatable bonds is 6. The topological polar surface area (TPSA) is 82.1 Å². The van der Waals surface area contributed by atoms with Gasteiger partial charge in [0.15, 0.2) is 0 Å². The number of sulfonamides is 1. The number of benzene rings is 2. The van der Waals surface area contributed by atoms with E-state index in [-0.39, 0.29) is 10.6 Å². The highest BCUT2D eigenvalue weighted by Gasteiger charge is 2.29. The van der Waals surface area contributed by atoms with Gasteiger partial charge in [0.25, 0.3) is 15.9 Å². The van der Waals surface area contributed by atoms with E-state index in [1.165, 1.54) is 30.3 Å². The highest BCUT2D eigenvalue weighted by Crippen LogP contribution is 2.26. The number of hydrogen-bond donors (Lipinski definition) is 1. The van der Waals surface area contributed by atoms with Crippen molar-refractivity contribution in [3.63, 3.8) is 0 Å². The third-order valence-electron chi connectivity index (χ3n) is 4.92. The number of para-hydroxylation sites is 1. The van der Waals surface area contributed by atoms with Crippen molar-refractivity contribution < 1.29 is 17.6 Å². The molecule has 0 radical (unpaired) electrons. The van der Waals surface area contributed by atoms with E-state index in [1.807, 2.05) is 14.0 Å². The minimum absolute atomic E-state index is 0.0224. The molecule has 160 valence electrons. The molecule has 1 fully saturated rings. The van der Waals surface area contributed by atoms with Crippen LogP contribution in [0.2, 0.25) is 0 Å². The molecule has 3 rings (SSSR count). The lowest BCUT2D eigenvalue weighted by molar-refractivity contribution is -0.119. The Morgan fingerprint density at radius 2 is 1.77 bits per heavy atom. The van der Waals surface area contributed by atoms with Crippen molar-refractivity contribution in [2.24, 2.45) is 5.10 Å². The molecule has 1 saturated heterocycles. The number of amides is 1. The zero-order valence-corrected chi connectivity index (χ0v) is 17.8. The van der Waals surface area contributed by atoms with Gasteiger partial charge in [-0.1, -0.05) is 29.8 Å². The fourth-order valence-electron chi connectivity index (χ4n) is 3.09. The van der Waals surface area contributed by atoms with Gasteiger partial charge in [0, 0.05) is 31.6 Å². The van der Waals surface area contributed by atoms with Crippen LogP contribution in [0.4, 0.5) is 10.1 Å². The summed E-state index contributed by atoms with van der Waals surface area (Å²) in [5.41, 5.74) is 3.96. The molecule has 1 amide bonds. The van der Waals surface area contributed by atoms with Crippen molar-refractivity contribution in [2.75, 3.05) is 31.0 Å². The molecular formula is C21H25FN4O3S. The first-order valence-electron chi connectivity index (χ1n) is 9.64. The van der Waals surface area contributed by atoms with Crippen LogP contribution in [0.5, 0.6) is 0 Å². The minimum Gasteiger partial charge on any atom is -0.306 e. The highest BCUT2D eigenvalue weighted by molar-refractivity contribution is 7.92. The maximum absolute atomic E-state index is 14.4. The summed E-state index contributed by atoms with van der Waals surface area (Å²) in [5, 5.41) is 4.13. The van der Waals surface area contributed by atoms with Crippen LogP contribution in [0, 0.1) is 12.7 Å². The van der Waals surface area contributed by atoms with E-state index in [0.717, 1.165) is 47.6 Å². The molecule has 0 saturated carbocycles. The molecule has 30 heavy (non-hydrogen) atoms. The average Bonchev–Trinajstić information content (AvgIpc) is 2.72. The molecule has 1 aliphatic heterocycles. The highest BCUT2D eigenvalue weighted by atomic mass is 32.2. The van der Waals surface area contributed by atoms with Gasteiger partial charge in [-0.2, -0.15) is 5.10 Å². The molecule has 7 nitrogen and oxygen atoms in total. The maximum atomic E-state index is 14.4. The largest absolute Gasteiger partial charge is 0.306 e. The van der Waals surface area contributed by atoms with Crippen LogP contribution in [0.1, 0.15) is 18.4 Å². The Labute approximate surface area is 176 Å². The second kappa shape index (κ2) is 9.36. The molecule has 2 aromatic rings. The Morgan fingerprint density at radius 3 is 2.40 bits per heavy atom.